The Labute approximate surface area is 268 Å². The van der Waals surface area contributed by atoms with E-state index in [0.717, 1.165) is 76.2 Å². The smallest absolute Gasteiger partial charge is 0.334 e. The SMILES string of the molecule is CCCCCCCCCCCC[C@@H](O)[C@H]1CC[C@H]([C@@H](C[C@H](O)CCCCCCCCCCC2=C[C@@H](C)OC2=O)OC(C)=O)O1. The zero-order valence-electron chi connectivity index (χ0n) is 28.4. The summed E-state index contributed by atoms with van der Waals surface area (Å²) in [5.74, 6) is -0.498. The second-order valence-electron chi connectivity index (χ2n) is 13.5. The molecular weight excluding hydrogens is 556 g/mol. The van der Waals surface area contributed by atoms with E-state index in [9.17, 15) is 19.8 Å². The molecule has 256 valence electrons. The Balaban J connectivity index is 1.52. The first-order chi connectivity index (χ1) is 21.3. The molecule has 0 spiro atoms. The lowest BCUT2D eigenvalue weighted by Gasteiger charge is -2.27. The largest absolute Gasteiger partial charge is 0.460 e. The summed E-state index contributed by atoms with van der Waals surface area (Å²) in [5, 5.41) is 21.5. The summed E-state index contributed by atoms with van der Waals surface area (Å²) in [6.45, 7) is 5.56. The summed E-state index contributed by atoms with van der Waals surface area (Å²) < 4.78 is 16.9. The van der Waals surface area contributed by atoms with E-state index in [1.165, 1.54) is 77.6 Å². The van der Waals surface area contributed by atoms with E-state index in [2.05, 4.69) is 6.92 Å². The fraction of sp³-hybridized carbons (Fsp3) is 0.892. The van der Waals surface area contributed by atoms with Crippen LogP contribution in [0.15, 0.2) is 11.6 Å². The number of aliphatic hydroxyl groups excluding tert-OH is 2. The minimum Gasteiger partial charge on any atom is -0.460 e. The lowest BCUT2D eigenvalue weighted by atomic mass is 9.98. The molecule has 2 N–H and O–H groups in total. The highest BCUT2D eigenvalue weighted by atomic mass is 16.6. The fourth-order valence-corrected chi connectivity index (χ4v) is 6.72. The van der Waals surface area contributed by atoms with Crippen molar-refractivity contribution in [3.05, 3.63) is 11.6 Å². The van der Waals surface area contributed by atoms with Crippen molar-refractivity contribution < 1.29 is 34.0 Å². The number of carbonyl (C=O) groups excluding carboxylic acids is 2. The van der Waals surface area contributed by atoms with Crippen molar-refractivity contribution in [2.45, 2.75) is 211 Å². The number of esters is 2. The molecule has 1 saturated heterocycles. The van der Waals surface area contributed by atoms with E-state index in [1.807, 2.05) is 13.0 Å². The third-order valence-electron chi connectivity index (χ3n) is 9.33. The van der Waals surface area contributed by atoms with Gasteiger partial charge in [-0.1, -0.05) is 116 Å². The number of unbranched alkanes of at least 4 members (excludes halogenated alkanes) is 16. The highest BCUT2D eigenvalue weighted by Gasteiger charge is 2.37. The van der Waals surface area contributed by atoms with Gasteiger partial charge >= 0.3 is 11.9 Å². The van der Waals surface area contributed by atoms with Crippen LogP contribution in [0.25, 0.3) is 0 Å². The Hall–Kier alpha value is -1.44. The fourth-order valence-electron chi connectivity index (χ4n) is 6.72. The molecule has 0 aliphatic carbocycles. The molecule has 0 radical (unpaired) electrons. The molecule has 2 heterocycles. The van der Waals surface area contributed by atoms with Crippen LogP contribution in [-0.4, -0.2) is 58.8 Å². The second-order valence-corrected chi connectivity index (χ2v) is 13.5. The quantitative estimate of drug-likeness (QED) is 0.0698. The van der Waals surface area contributed by atoms with Crippen molar-refractivity contribution in [3.8, 4) is 0 Å². The van der Waals surface area contributed by atoms with Gasteiger partial charge < -0.3 is 24.4 Å². The molecule has 0 aromatic rings. The minimum atomic E-state index is -0.530. The van der Waals surface area contributed by atoms with Crippen LogP contribution in [0.3, 0.4) is 0 Å². The lowest BCUT2D eigenvalue weighted by Crippen LogP contribution is -2.36. The number of carbonyl (C=O) groups is 2. The number of cyclic esters (lactones) is 1. The van der Waals surface area contributed by atoms with Crippen LogP contribution in [0.4, 0.5) is 0 Å². The van der Waals surface area contributed by atoms with E-state index in [4.69, 9.17) is 14.2 Å². The Morgan fingerprint density at radius 2 is 1.34 bits per heavy atom. The standard InChI is InChI=1S/C37H66O7/c1-4-5-6-7-8-9-10-15-18-21-24-33(40)34-25-26-35(44-34)36(43-30(3)38)28-32(39)23-20-17-14-12-11-13-16-19-22-31-27-29(2)42-37(31)41/h27,29,32-36,39-40H,4-26,28H2,1-3H3/t29-,32-,33-,34-,35-,36-/m1/s1. The number of aliphatic hydroxyl groups is 2. The first kappa shape index (κ1) is 38.7. The number of ether oxygens (including phenoxy) is 3. The van der Waals surface area contributed by atoms with Gasteiger partial charge in [0.15, 0.2) is 0 Å². The summed E-state index contributed by atoms with van der Waals surface area (Å²) in [6.07, 6.45) is 25.7. The lowest BCUT2D eigenvalue weighted by molar-refractivity contribution is -0.159. The molecule has 0 amide bonds. The van der Waals surface area contributed by atoms with Crippen molar-refractivity contribution in [2.75, 3.05) is 0 Å². The predicted molar refractivity (Wildman–Crippen MR) is 176 cm³/mol. The molecule has 2 aliphatic rings. The molecule has 0 unspecified atom stereocenters. The van der Waals surface area contributed by atoms with Gasteiger partial charge in [-0.15, -0.1) is 0 Å². The van der Waals surface area contributed by atoms with Crippen LogP contribution in [-0.2, 0) is 23.8 Å². The van der Waals surface area contributed by atoms with E-state index in [-0.39, 0.29) is 30.3 Å². The molecule has 2 aliphatic heterocycles. The number of hydrogen-bond acceptors (Lipinski definition) is 7. The maximum Gasteiger partial charge on any atom is 0.334 e. The van der Waals surface area contributed by atoms with Crippen LogP contribution in [0.5, 0.6) is 0 Å². The third kappa shape index (κ3) is 17.3. The molecular formula is C37H66O7. The highest BCUT2D eigenvalue weighted by molar-refractivity contribution is 5.90. The molecule has 7 nitrogen and oxygen atoms in total. The average molecular weight is 623 g/mol. The van der Waals surface area contributed by atoms with Gasteiger partial charge in [0.1, 0.15) is 12.2 Å². The van der Waals surface area contributed by atoms with E-state index >= 15 is 0 Å². The van der Waals surface area contributed by atoms with Crippen LogP contribution in [0, 0.1) is 0 Å². The van der Waals surface area contributed by atoms with Crippen molar-refractivity contribution in [3.63, 3.8) is 0 Å². The topological polar surface area (TPSA) is 102 Å². The highest BCUT2D eigenvalue weighted by Crippen LogP contribution is 2.30. The summed E-state index contributed by atoms with van der Waals surface area (Å²) in [4.78, 5) is 23.5. The molecule has 6 atom stereocenters. The van der Waals surface area contributed by atoms with Gasteiger partial charge in [-0.25, -0.2) is 4.79 Å². The third-order valence-corrected chi connectivity index (χ3v) is 9.33. The summed E-state index contributed by atoms with van der Waals surface area (Å²) in [7, 11) is 0. The minimum absolute atomic E-state index is 0.0742. The van der Waals surface area contributed by atoms with Gasteiger partial charge in [-0.2, -0.15) is 0 Å². The predicted octanol–water partition coefficient (Wildman–Crippen LogP) is 8.66. The Morgan fingerprint density at radius 3 is 1.89 bits per heavy atom. The Bertz CT molecular complexity index is 797. The van der Waals surface area contributed by atoms with Gasteiger partial charge in [0, 0.05) is 18.9 Å². The van der Waals surface area contributed by atoms with Crippen LogP contribution in [0.2, 0.25) is 0 Å². The second kappa shape index (κ2) is 23.8. The monoisotopic (exact) mass is 622 g/mol. The first-order valence-electron chi connectivity index (χ1n) is 18.4. The molecule has 1 fully saturated rings. The molecule has 0 aromatic carbocycles. The summed E-state index contributed by atoms with van der Waals surface area (Å²) >= 11 is 0. The van der Waals surface area contributed by atoms with Crippen molar-refractivity contribution in [1.82, 2.24) is 0 Å². The summed E-state index contributed by atoms with van der Waals surface area (Å²) in [6, 6.07) is 0. The Morgan fingerprint density at radius 1 is 0.818 bits per heavy atom. The summed E-state index contributed by atoms with van der Waals surface area (Å²) in [5.41, 5.74) is 0.837. The zero-order chi connectivity index (χ0) is 32.0. The molecule has 0 bridgehead atoms. The van der Waals surface area contributed by atoms with Crippen LogP contribution in [0.1, 0.15) is 175 Å². The molecule has 7 heteroatoms. The van der Waals surface area contributed by atoms with Gasteiger partial charge in [-0.3, -0.25) is 4.79 Å². The van der Waals surface area contributed by atoms with Gasteiger partial charge in [0.25, 0.3) is 0 Å². The van der Waals surface area contributed by atoms with Gasteiger partial charge in [-0.05, 0) is 51.5 Å². The maximum atomic E-state index is 11.8. The maximum absolute atomic E-state index is 11.8. The van der Waals surface area contributed by atoms with E-state index < -0.39 is 18.3 Å². The van der Waals surface area contributed by atoms with Crippen molar-refractivity contribution in [1.29, 1.82) is 0 Å². The zero-order valence-corrected chi connectivity index (χ0v) is 28.4. The normalized spacial score (nSPS) is 22.1. The Kier molecular flexibility index (Phi) is 21.0. The number of hydrogen-bond donors (Lipinski definition) is 2. The molecule has 44 heavy (non-hydrogen) atoms. The van der Waals surface area contributed by atoms with Crippen molar-refractivity contribution in [2.24, 2.45) is 0 Å². The number of rotatable bonds is 27. The van der Waals surface area contributed by atoms with Crippen LogP contribution >= 0.6 is 0 Å². The van der Waals surface area contributed by atoms with Gasteiger partial charge in [0.2, 0.25) is 0 Å². The first-order valence-corrected chi connectivity index (χ1v) is 18.4. The molecule has 0 aromatic heterocycles. The van der Waals surface area contributed by atoms with E-state index in [1.54, 1.807) is 0 Å². The van der Waals surface area contributed by atoms with Crippen LogP contribution < -0.4 is 0 Å². The molecule has 0 saturated carbocycles. The van der Waals surface area contributed by atoms with Gasteiger partial charge in [0.05, 0.1) is 24.4 Å². The molecule has 2 rings (SSSR count). The average Bonchev–Trinajstić information content (AvgIpc) is 3.60. The van der Waals surface area contributed by atoms with Crippen molar-refractivity contribution >= 4 is 11.9 Å². The van der Waals surface area contributed by atoms with E-state index in [0.29, 0.717) is 12.8 Å².